The van der Waals surface area contributed by atoms with Crippen LogP contribution in [0.4, 0.5) is 17.1 Å². The molecule has 2 aliphatic rings. The second-order valence-corrected chi connectivity index (χ2v) is 7.21. The van der Waals surface area contributed by atoms with Crippen LogP contribution in [0.3, 0.4) is 0 Å². The first kappa shape index (κ1) is 19.4. The highest BCUT2D eigenvalue weighted by atomic mass is 16.7. The average Bonchev–Trinajstić information content (AvgIpc) is 3.18. The van der Waals surface area contributed by atoms with Crippen molar-refractivity contribution in [2.24, 2.45) is 0 Å². The Bertz CT molecular complexity index is 867. The third-order valence-corrected chi connectivity index (χ3v) is 5.15. The number of rotatable bonds is 4. The minimum Gasteiger partial charge on any atom is -0.370 e. The molecule has 1 aromatic carbocycles. The third kappa shape index (κ3) is 4.55. The van der Waals surface area contributed by atoms with Gasteiger partial charge in [0.2, 0.25) is 5.91 Å². The summed E-state index contributed by atoms with van der Waals surface area (Å²) in [5.74, 6) is -0.827. The lowest BCUT2D eigenvalue weighted by Gasteiger charge is -2.38. The second-order valence-electron chi connectivity index (χ2n) is 7.21. The van der Waals surface area contributed by atoms with Gasteiger partial charge in [0, 0.05) is 44.2 Å². The number of amides is 2. The van der Waals surface area contributed by atoms with E-state index < -0.39 is 5.79 Å². The molecule has 2 N–H and O–H groups in total. The molecule has 8 heteroatoms. The van der Waals surface area contributed by atoms with Crippen molar-refractivity contribution in [2.75, 3.05) is 41.8 Å². The van der Waals surface area contributed by atoms with Crippen LogP contribution in [0.15, 0.2) is 42.6 Å². The summed E-state index contributed by atoms with van der Waals surface area (Å²) < 4.78 is 11.5. The lowest BCUT2D eigenvalue weighted by Crippen LogP contribution is -2.45. The van der Waals surface area contributed by atoms with E-state index in [4.69, 9.17) is 9.47 Å². The summed E-state index contributed by atoms with van der Waals surface area (Å²) in [5.41, 5.74) is 2.63. The first-order valence-electron chi connectivity index (χ1n) is 9.71. The van der Waals surface area contributed by atoms with Gasteiger partial charge < -0.3 is 25.0 Å². The molecule has 0 saturated carbocycles. The summed E-state index contributed by atoms with van der Waals surface area (Å²) in [4.78, 5) is 30.1. The van der Waals surface area contributed by atoms with Gasteiger partial charge in [-0.15, -0.1) is 0 Å². The molecule has 2 aliphatic heterocycles. The number of carbonyl (C=O) groups is 2. The number of nitrogens with one attached hydrogen (secondary N) is 2. The summed E-state index contributed by atoms with van der Waals surface area (Å²) in [7, 11) is 0. The van der Waals surface area contributed by atoms with Crippen molar-refractivity contribution in [1.82, 2.24) is 4.98 Å². The van der Waals surface area contributed by atoms with E-state index in [1.54, 1.807) is 36.5 Å². The second kappa shape index (κ2) is 8.18. The predicted molar refractivity (Wildman–Crippen MR) is 109 cm³/mol. The van der Waals surface area contributed by atoms with Crippen LogP contribution in [0.5, 0.6) is 0 Å². The topological polar surface area (TPSA) is 92.8 Å². The lowest BCUT2D eigenvalue weighted by atomic mass is 10.0. The number of carbonyl (C=O) groups excluding carboxylic acids is 2. The Kier molecular flexibility index (Phi) is 5.46. The van der Waals surface area contributed by atoms with Crippen LogP contribution < -0.4 is 15.5 Å². The van der Waals surface area contributed by atoms with Gasteiger partial charge in [0.25, 0.3) is 5.91 Å². The Morgan fingerprint density at radius 2 is 1.59 bits per heavy atom. The first-order chi connectivity index (χ1) is 14.0. The molecular weight excluding hydrogens is 372 g/mol. The van der Waals surface area contributed by atoms with E-state index >= 15 is 0 Å². The predicted octanol–water partition coefficient (Wildman–Crippen LogP) is 2.64. The Labute approximate surface area is 169 Å². The van der Waals surface area contributed by atoms with Gasteiger partial charge in [0.15, 0.2) is 5.79 Å². The smallest absolute Gasteiger partial charge is 0.274 e. The van der Waals surface area contributed by atoms with Gasteiger partial charge in [-0.05, 0) is 36.4 Å². The number of nitrogens with zero attached hydrogens (tertiary/aromatic N) is 2. The van der Waals surface area contributed by atoms with Gasteiger partial charge in [0.05, 0.1) is 25.1 Å². The number of piperidine rings is 1. The highest BCUT2D eigenvalue weighted by Gasteiger charge is 2.39. The van der Waals surface area contributed by atoms with Crippen LogP contribution in [-0.4, -0.2) is 48.9 Å². The fourth-order valence-corrected chi connectivity index (χ4v) is 3.63. The van der Waals surface area contributed by atoms with Crippen LogP contribution in [0.2, 0.25) is 0 Å². The minimum absolute atomic E-state index is 0.141. The van der Waals surface area contributed by atoms with Crippen molar-refractivity contribution in [3.8, 4) is 0 Å². The molecule has 29 heavy (non-hydrogen) atoms. The molecule has 2 fully saturated rings. The molecule has 4 rings (SSSR count). The standard InChI is InChI=1S/C21H24N4O4/c1-15(26)23-16-2-4-17(5-3-16)24-20(27)19-7-6-18(14-22-19)25-10-8-21(9-11-25)28-12-13-29-21/h2-7,14H,8-13H2,1H3,(H,23,26)(H,24,27). The summed E-state index contributed by atoms with van der Waals surface area (Å²) >= 11 is 0. The number of ether oxygens (including phenoxy) is 2. The van der Waals surface area contributed by atoms with Crippen molar-refractivity contribution >= 4 is 28.9 Å². The van der Waals surface area contributed by atoms with Crippen LogP contribution in [0.25, 0.3) is 0 Å². The third-order valence-electron chi connectivity index (χ3n) is 5.15. The maximum absolute atomic E-state index is 12.4. The zero-order valence-corrected chi connectivity index (χ0v) is 16.3. The normalized spacial score (nSPS) is 17.9. The van der Waals surface area contributed by atoms with E-state index in [-0.39, 0.29) is 11.8 Å². The molecule has 0 radical (unpaired) electrons. The summed E-state index contributed by atoms with van der Waals surface area (Å²) in [6.45, 7) is 4.44. The molecule has 0 unspecified atom stereocenters. The Balaban J connectivity index is 1.34. The van der Waals surface area contributed by atoms with Gasteiger partial charge >= 0.3 is 0 Å². The van der Waals surface area contributed by atoms with E-state index in [0.29, 0.717) is 30.3 Å². The van der Waals surface area contributed by atoms with Crippen LogP contribution in [0.1, 0.15) is 30.3 Å². The average molecular weight is 396 g/mol. The summed E-state index contributed by atoms with van der Waals surface area (Å²) in [6, 6.07) is 10.6. The van der Waals surface area contributed by atoms with Gasteiger partial charge in [0.1, 0.15) is 5.69 Å². The zero-order valence-electron chi connectivity index (χ0n) is 16.3. The molecule has 0 aliphatic carbocycles. The molecule has 0 bridgehead atoms. The van der Waals surface area contributed by atoms with Gasteiger partial charge in [-0.3, -0.25) is 9.59 Å². The Morgan fingerprint density at radius 3 is 2.14 bits per heavy atom. The van der Waals surface area contributed by atoms with Crippen LogP contribution in [0, 0.1) is 0 Å². The van der Waals surface area contributed by atoms with Gasteiger partial charge in [-0.1, -0.05) is 0 Å². The van der Waals surface area contributed by atoms with E-state index in [9.17, 15) is 9.59 Å². The Hall–Kier alpha value is -2.97. The number of hydrogen-bond donors (Lipinski definition) is 2. The highest BCUT2D eigenvalue weighted by Crippen LogP contribution is 2.33. The van der Waals surface area contributed by atoms with E-state index in [0.717, 1.165) is 31.6 Å². The highest BCUT2D eigenvalue weighted by molar-refractivity contribution is 6.03. The molecule has 1 aromatic heterocycles. The van der Waals surface area contributed by atoms with Crippen molar-refractivity contribution in [1.29, 1.82) is 0 Å². The van der Waals surface area contributed by atoms with Crippen LogP contribution >= 0.6 is 0 Å². The molecule has 2 aromatic rings. The number of benzene rings is 1. The fourth-order valence-electron chi connectivity index (χ4n) is 3.63. The first-order valence-corrected chi connectivity index (χ1v) is 9.71. The van der Waals surface area contributed by atoms with Crippen LogP contribution in [-0.2, 0) is 14.3 Å². The van der Waals surface area contributed by atoms with E-state index in [1.807, 2.05) is 6.07 Å². The minimum atomic E-state index is -0.404. The Morgan fingerprint density at radius 1 is 0.966 bits per heavy atom. The number of aromatic nitrogens is 1. The lowest BCUT2D eigenvalue weighted by molar-refractivity contribution is -0.169. The molecule has 1 spiro atoms. The van der Waals surface area contributed by atoms with Gasteiger partial charge in [-0.25, -0.2) is 4.98 Å². The quantitative estimate of drug-likeness (QED) is 0.825. The molecule has 8 nitrogen and oxygen atoms in total. The van der Waals surface area contributed by atoms with Gasteiger partial charge in [-0.2, -0.15) is 0 Å². The molecule has 2 amide bonds. The SMILES string of the molecule is CC(=O)Nc1ccc(NC(=O)c2ccc(N3CCC4(CC3)OCCO4)cn2)cc1. The van der Waals surface area contributed by atoms with E-state index in [2.05, 4.69) is 20.5 Å². The van der Waals surface area contributed by atoms with Crippen molar-refractivity contribution in [2.45, 2.75) is 25.6 Å². The zero-order chi connectivity index (χ0) is 20.3. The van der Waals surface area contributed by atoms with E-state index in [1.165, 1.54) is 6.92 Å². The molecule has 152 valence electrons. The fraction of sp³-hybridized carbons (Fsp3) is 0.381. The largest absolute Gasteiger partial charge is 0.370 e. The molecular formula is C21H24N4O4. The number of pyridine rings is 1. The number of hydrogen-bond acceptors (Lipinski definition) is 6. The van der Waals surface area contributed by atoms with Crippen molar-refractivity contribution < 1.29 is 19.1 Å². The van der Waals surface area contributed by atoms with Crippen molar-refractivity contribution in [3.05, 3.63) is 48.3 Å². The molecule has 2 saturated heterocycles. The van der Waals surface area contributed by atoms with Crippen molar-refractivity contribution in [3.63, 3.8) is 0 Å². The summed E-state index contributed by atoms with van der Waals surface area (Å²) in [5, 5.41) is 5.50. The summed E-state index contributed by atoms with van der Waals surface area (Å²) in [6.07, 6.45) is 3.37. The number of anilines is 3. The monoisotopic (exact) mass is 396 g/mol. The molecule has 3 heterocycles. The molecule has 0 atom stereocenters. The maximum atomic E-state index is 12.4. The maximum Gasteiger partial charge on any atom is 0.274 e.